The summed E-state index contributed by atoms with van der Waals surface area (Å²) in [6, 6.07) is 6.42. The number of oxime groups is 1. The summed E-state index contributed by atoms with van der Waals surface area (Å²) in [5, 5.41) is 11.7. The first-order valence-corrected chi connectivity index (χ1v) is 6.09. The Morgan fingerprint density at radius 3 is 2.84 bits per heavy atom. The van der Waals surface area contributed by atoms with E-state index in [1.54, 1.807) is 25.1 Å². The highest BCUT2D eigenvalue weighted by Crippen LogP contribution is 2.15. The van der Waals surface area contributed by atoms with E-state index in [-0.39, 0.29) is 18.8 Å². The number of carbonyl (C=O) groups is 2. The second-order valence-corrected chi connectivity index (χ2v) is 4.20. The van der Waals surface area contributed by atoms with Crippen LogP contribution in [-0.4, -0.2) is 29.8 Å². The number of nitrogens with zero attached hydrogens (tertiary/aromatic N) is 1. The van der Waals surface area contributed by atoms with Crippen molar-refractivity contribution in [2.24, 2.45) is 11.1 Å². The fourth-order valence-electron chi connectivity index (χ4n) is 1.51. The van der Waals surface area contributed by atoms with Crippen molar-refractivity contribution in [3.05, 3.63) is 34.9 Å². The summed E-state index contributed by atoms with van der Waals surface area (Å²) < 4.78 is 4.80. The smallest absolute Gasteiger partial charge is 0.314 e. The van der Waals surface area contributed by atoms with Gasteiger partial charge in [-0.05, 0) is 19.1 Å². The minimum atomic E-state index is -0.906. The van der Waals surface area contributed by atoms with Crippen molar-refractivity contribution in [3.8, 4) is 0 Å². The standard InChI is InChI=1S/C13H14ClNO4/c1-2-19-13(17)10(8-15-18)7-12(16)9-4-3-5-11(14)6-9/h3-6,8,10,18H,2,7H2,1H3/b15-8+. The van der Waals surface area contributed by atoms with Crippen LogP contribution in [0.3, 0.4) is 0 Å². The van der Waals surface area contributed by atoms with Crippen LogP contribution >= 0.6 is 11.6 Å². The minimum Gasteiger partial charge on any atom is -0.465 e. The van der Waals surface area contributed by atoms with Gasteiger partial charge in [0.1, 0.15) is 5.92 Å². The van der Waals surface area contributed by atoms with E-state index in [1.807, 2.05) is 0 Å². The molecule has 0 saturated carbocycles. The quantitative estimate of drug-likeness (QED) is 0.286. The Morgan fingerprint density at radius 1 is 1.53 bits per heavy atom. The molecule has 19 heavy (non-hydrogen) atoms. The number of Topliss-reactive ketones (excluding diaryl/α,β-unsaturated/α-hetero) is 1. The van der Waals surface area contributed by atoms with Crippen LogP contribution in [0.2, 0.25) is 5.02 Å². The maximum atomic E-state index is 12.0. The van der Waals surface area contributed by atoms with Crippen molar-refractivity contribution in [2.75, 3.05) is 6.61 Å². The summed E-state index contributed by atoms with van der Waals surface area (Å²) in [6.45, 7) is 1.85. The molecular formula is C13H14ClNO4. The van der Waals surface area contributed by atoms with Gasteiger partial charge in [0, 0.05) is 17.0 Å². The van der Waals surface area contributed by atoms with Crippen molar-refractivity contribution in [2.45, 2.75) is 13.3 Å². The monoisotopic (exact) mass is 283 g/mol. The number of ketones is 1. The number of benzene rings is 1. The Kier molecular flexibility index (Phi) is 6.02. The number of ether oxygens (including phenoxy) is 1. The molecule has 0 saturated heterocycles. The van der Waals surface area contributed by atoms with Gasteiger partial charge in [-0.15, -0.1) is 5.16 Å². The molecule has 0 spiro atoms. The molecule has 1 aromatic rings. The third kappa shape index (κ3) is 4.71. The van der Waals surface area contributed by atoms with Gasteiger partial charge in [0.2, 0.25) is 0 Å². The molecule has 5 nitrogen and oxygen atoms in total. The zero-order chi connectivity index (χ0) is 14.3. The Morgan fingerprint density at radius 2 is 2.26 bits per heavy atom. The SMILES string of the molecule is CCOC(=O)C(/C=N/O)CC(=O)c1cccc(Cl)c1. The average molecular weight is 284 g/mol. The van der Waals surface area contributed by atoms with E-state index in [1.165, 1.54) is 6.07 Å². The van der Waals surface area contributed by atoms with Gasteiger partial charge in [0.15, 0.2) is 5.78 Å². The fourth-order valence-corrected chi connectivity index (χ4v) is 1.70. The molecule has 1 rings (SSSR count). The zero-order valence-corrected chi connectivity index (χ0v) is 11.1. The van der Waals surface area contributed by atoms with E-state index in [2.05, 4.69) is 5.16 Å². The van der Waals surface area contributed by atoms with E-state index < -0.39 is 11.9 Å². The van der Waals surface area contributed by atoms with Crippen LogP contribution in [0.1, 0.15) is 23.7 Å². The van der Waals surface area contributed by atoms with Crippen LogP contribution in [0.15, 0.2) is 29.4 Å². The normalized spacial score (nSPS) is 12.3. The molecule has 1 atom stereocenters. The van der Waals surface area contributed by atoms with Crippen molar-refractivity contribution in [1.82, 2.24) is 0 Å². The molecule has 0 fully saturated rings. The lowest BCUT2D eigenvalue weighted by molar-refractivity contribution is -0.145. The largest absolute Gasteiger partial charge is 0.465 e. The molecule has 6 heteroatoms. The lowest BCUT2D eigenvalue weighted by Gasteiger charge is -2.09. The van der Waals surface area contributed by atoms with E-state index in [9.17, 15) is 9.59 Å². The van der Waals surface area contributed by atoms with Gasteiger partial charge >= 0.3 is 5.97 Å². The third-order valence-corrected chi connectivity index (χ3v) is 2.62. The van der Waals surface area contributed by atoms with Crippen molar-refractivity contribution in [3.63, 3.8) is 0 Å². The molecule has 0 aromatic heterocycles. The highest BCUT2D eigenvalue weighted by Gasteiger charge is 2.22. The third-order valence-electron chi connectivity index (χ3n) is 2.39. The van der Waals surface area contributed by atoms with E-state index in [0.717, 1.165) is 6.21 Å². The van der Waals surface area contributed by atoms with Gasteiger partial charge in [-0.2, -0.15) is 0 Å². The maximum absolute atomic E-state index is 12.0. The first kappa shape index (κ1) is 15.2. The van der Waals surface area contributed by atoms with Gasteiger partial charge < -0.3 is 9.94 Å². The van der Waals surface area contributed by atoms with Gasteiger partial charge in [-0.3, -0.25) is 9.59 Å². The average Bonchev–Trinajstić information content (AvgIpc) is 2.38. The van der Waals surface area contributed by atoms with Crippen molar-refractivity contribution >= 4 is 29.6 Å². The van der Waals surface area contributed by atoms with E-state index >= 15 is 0 Å². The molecule has 0 amide bonds. The molecule has 1 N–H and O–H groups in total. The molecule has 0 aliphatic carbocycles. The van der Waals surface area contributed by atoms with Crippen LogP contribution in [0.4, 0.5) is 0 Å². The predicted octanol–water partition coefficient (Wildman–Crippen LogP) is 2.55. The summed E-state index contributed by atoms with van der Waals surface area (Å²) in [5.74, 6) is -1.78. The van der Waals surface area contributed by atoms with Gasteiger partial charge in [0.25, 0.3) is 0 Å². The Labute approximate surface area is 115 Å². The molecule has 1 aromatic carbocycles. The van der Waals surface area contributed by atoms with Gasteiger partial charge in [0.05, 0.1) is 12.8 Å². The second-order valence-electron chi connectivity index (χ2n) is 3.76. The maximum Gasteiger partial charge on any atom is 0.314 e. The minimum absolute atomic E-state index is 0.136. The molecule has 0 heterocycles. The Balaban J connectivity index is 2.79. The molecule has 0 aliphatic heterocycles. The number of halogens is 1. The summed E-state index contributed by atoms with van der Waals surface area (Å²) >= 11 is 5.79. The summed E-state index contributed by atoms with van der Waals surface area (Å²) in [7, 11) is 0. The predicted molar refractivity (Wildman–Crippen MR) is 70.8 cm³/mol. The topological polar surface area (TPSA) is 76.0 Å². The van der Waals surface area contributed by atoms with Crippen LogP contribution in [0.5, 0.6) is 0 Å². The number of hydrogen-bond acceptors (Lipinski definition) is 5. The van der Waals surface area contributed by atoms with Crippen molar-refractivity contribution in [1.29, 1.82) is 0 Å². The van der Waals surface area contributed by atoms with Crippen LogP contribution in [0.25, 0.3) is 0 Å². The van der Waals surface area contributed by atoms with Crippen LogP contribution in [0, 0.1) is 5.92 Å². The van der Waals surface area contributed by atoms with Crippen molar-refractivity contribution < 1.29 is 19.5 Å². The Bertz CT molecular complexity index is 487. The van der Waals surface area contributed by atoms with E-state index in [0.29, 0.717) is 10.6 Å². The first-order chi connectivity index (χ1) is 9.08. The number of carbonyl (C=O) groups excluding carboxylic acids is 2. The molecular weight excluding hydrogens is 270 g/mol. The highest BCUT2D eigenvalue weighted by molar-refractivity contribution is 6.31. The molecule has 102 valence electrons. The first-order valence-electron chi connectivity index (χ1n) is 5.71. The van der Waals surface area contributed by atoms with E-state index in [4.69, 9.17) is 21.5 Å². The van der Waals surface area contributed by atoms with Crippen LogP contribution < -0.4 is 0 Å². The lowest BCUT2D eigenvalue weighted by atomic mass is 9.99. The second kappa shape index (κ2) is 7.53. The number of rotatable bonds is 6. The molecule has 0 bridgehead atoms. The number of esters is 1. The highest BCUT2D eigenvalue weighted by atomic mass is 35.5. The summed E-state index contributed by atoms with van der Waals surface area (Å²) in [6.07, 6.45) is 0.851. The van der Waals surface area contributed by atoms with Crippen LogP contribution in [-0.2, 0) is 9.53 Å². The summed E-state index contributed by atoms with van der Waals surface area (Å²) in [4.78, 5) is 23.5. The molecule has 0 aliphatic rings. The number of hydrogen-bond donors (Lipinski definition) is 1. The summed E-state index contributed by atoms with van der Waals surface area (Å²) in [5.41, 5.74) is 0.396. The molecule has 0 radical (unpaired) electrons. The zero-order valence-electron chi connectivity index (χ0n) is 10.4. The van der Waals surface area contributed by atoms with Gasteiger partial charge in [-0.1, -0.05) is 23.7 Å². The Hall–Kier alpha value is -1.88. The fraction of sp³-hybridized carbons (Fsp3) is 0.308. The van der Waals surface area contributed by atoms with Gasteiger partial charge in [-0.25, -0.2) is 0 Å². The molecule has 1 unspecified atom stereocenters. The lowest BCUT2D eigenvalue weighted by Crippen LogP contribution is -2.22.